The van der Waals surface area contributed by atoms with Crippen LogP contribution in [0.3, 0.4) is 0 Å². The molecule has 0 radical (unpaired) electrons. The van der Waals surface area contributed by atoms with Gasteiger partial charge in [-0.3, -0.25) is 0 Å². The molecule has 0 bridgehead atoms. The molecule has 0 atom stereocenters. The normalized spacial score (nSPS) is 13.6. The van der Waals surface area contributed by atoms with Gasteiger partial charge in [0.15, 0.2) is 5.82 Å². The standard InChI is InChI=1S/C22H21F3N6OS/c23-22(24,25)33-19-9-7-17(8-10-19)29-21(32)28-16-5-3-15(4-6-16)27-20-13-18(14-26-30-20)31-11-1-2-12-31/h3-10,13-14H,1-2,11-12H2,(H,27,30)(H2,28,29,32). The zero-order valence-electron chi connectivity index (χ0n) is 17.4. The zero-order chi connectivity index (χ0) is 23.3. The van der Waals surface area contributed by atoms with Gasteiger partial charge in [0.25, 0.3) is 0 Å². The summed E-state index contributed by atoms with van der Waals surface area (Å²) in [6, 6.07) is 13.9. The van der Waals surface area contributed by atoms with Crippen molar-refractivity contribution in [1.82, 2.24) is 10.2 Å². The second-order valence-electron chi connectivity index (χ2n) is 7.35. The van der Waals surface area contributed by atoms with E-state index in [1.807, 2.05) is 6.07 Å². The van der Waals surface area contributed by atoms with Crippen molar-refractivity contribution in [3.63, 3.8) is 0 Å². The average Bonchev–Trinajstić information content (AvgIpc) is 3.31. The molecular formula is C22H21F3N6OS. The third kappa shape index (κ3) is 6.75. The number of rotatable bonds is 6. The van der Waals surface area contributed by atoms with Crippen LogP contribution in [0, 0.1) is 0 Å². The Balaban J connectivity index is 1.30. The number of nitrogens with zero attached hydrogens (tertiary/aromatic N) is 3. The minimum absolute atomic E-state index is 0.0483. The molecule has 2 heterocycles. The highest BCUT2D eigenvalue weighted by atomic mass is 32.2. The van der Waals surface area contributed by atoms with Gasteiger partial charge < -0.3 is 20.9 Å². The first-order valence-electron chi connectivity index (χ1n) is 10.2. The number of nitrogens with one attached hydrogen (secondary N) is 3. The van der Waals surface area contributed by atoms with Crippen LogP contribution in [0.15, 0.2) is 65.7 Å². The predicted molar refractivity (Wildman–Crippen MR) is 124 cm³/mol. The Labute approximate surface area is 192 Å². The number of anilines is 5. The van der Waals surface area contributed by atoms with Crippen molar-refractivity contribution in [3.8, 4) is 0 Å². The van der Waals surface area contributed by atoms with E-state index in [-0.39, 0.29) is 16.7 Å². The average molecular weight is 475 g/mol. The number of carbonyl (C=O) groups is 1. The lowest BCUT2D eigenvalue weighted by atomic mass is 10.2. The first-order valence-corrected chi connectivity index (χ1v) is 11.0. The lowest BCUT2D eigenvalue weighted by Crippen LogP contribution is -2.19. The molecule has 3 N–H and O–H groups in total. The molecule has 0 aliphatic carbocycles. The molecular weight excluding hydrogens is 453 g/mol. The Hall–Kier alpha value is -3.47. The number of alkyl halides is 3. The summed E-state index contributed by atoms with van der Waals surface area (Å²) < 4.78 is 37.2. The maximum atomic E-state index is 12.4. The van der Waals surface area contributed by atoms with E-state index in [0.717, 1.165) is 24.5 Å². The van der Waals surface area contributed by atoms with Crippen LogP contribution in [-0.4, -0.2) is 34.8 Å². The maximum absolute atomic E-state index is 12.4. The fourth-order valence-corrected chi connectivity index (χ4v) is 3.92. The Morgan fingerprint density at radius 2 is 1.48 bits per heavy atom. The fourth-order valence-electron chi connectivity index (χ4n) is 3.38. The van der Waals surface area contributed by atoms with E-state index in [9.17, 15) is 18.0 Å². The summed E-state index contributed by atoms with van der Waals surface area (Å²) in [7, 11) is 0. The quantitative estimate of drug-likeness (QED) is 0.376. The molecule has 1 aliphatic rings. The van der Waals surface area contributed by atoms with Crippen LogP contribution in [0.25, 0.3) is 0 Å². The first-order chi connectivity index (χ1) is 15.8. The van der Waals surface area contributed by atoms with E-state index in [1.54, 1.807) is 30.5 Å². The van der Waals surface area contributed by atoms with Gasteiger partial charge in [0, 0.05) is 41.1 Å². The van der Waals surface area contributed by atoms with E-state index in [0.29, 0.717) is 17.2 Å². The minimum atomic E-state index is -4.35. The molecule has 33 heavy (non-hydrogen) atoms. The van der Waals surface area contributed by atoms with Crippen molar-refractivity contribution in [2.45, 2.75) is 23.2 Å². The van der Waals surface area contributed by atoms with Gasteiger partial charge in [0.1, 0.15) is 0 Å². The summed E-state index contributed by atoms with van der Waals surface area (Å²) >= 11 is -0.205. The largest absolute Gasteiger partial charge is 0.446 e. The van der Waals surface area contributed by atoms with Gasteiger partial charge in [0.05, 0.1) is 11.9 Å². The number of halogens is 3. The molecule has 0 saturated carbocycles. The number of carbonyl (C=O) groups excluding carboxylic acids is 1. The molecule has 2 amide bonds. The number of aromatic nitrogens is 2. The van der Waals surface area contributed by atoms with E-state index in [4.69, 9.17) is 0 Å². The van der Waals surface area contributed by atoms with Crippen LogP contribution < -0.4 is 20.9 Å². The molecule has 1 fully saturated rings. The summed E-state index contributed by atoms with van der Waals surface area (Å²) in [6.07, 6.45) is 4.11. The lowest BCUT2D eigenvalue weighted by Gasteiger charge is -2.17. The van der Waals surface area contributed by atoms with E-state index in [2.05, 4.69) is 31.0 Å². The number of thioether (sulfide) groups is 1. The highest BCUT2D eigenvalue weighted by Gasteiger charge is 2.29. The number of amides is 2. The number of benzene rings is 2. The van der Waals surface area contributed by atoms with Crippen LogP contribution in [0.4, 0.5) is 46.5 Å². The van der Waals surface area contributed by atoms with E-state index < -0.39 is 11.5 Å². The first kappa shape index (κ1) is 22.7. The summed E-state index contributed by atoms with van der Waals surface area (Å²) in [6.45, 7) is 2.04. The molecule has 0 spiro atoms. The zero-order valence-corrected chi connectivity index (χ0v) is 18.2. The third-order valence-corrected chi connectivity index (χ3v) is 5.61. The Morgan fingerprint density at radius 3 is 2.09 bits per heavy atom. The van der Waals surface area contributed by atoms with Crippen molar-refractivity contribution in [3.05, 3.63) is 60.8 Å². The highest BCUT2D eigenvalue weighted by Crippen LogP contribution is 2.37. The van der Waals surface area contributed by atoms with Gasteiger partial charge in [0.2, 0.25) is 0 Å². The maximum Gasteiger partial charge on any atom is 0.446 e. The van der Waals surface area contributed by atoms with Crippen molar-refractivity contribution in [2.75, 3.05) is 33.9 Å². The Bertz CT molecular complexity index is 1090. The Kier molecular flexibility index (Phi) is 6.87. The second kappa shape index (κ2) is 9.99. The predicted octanol–water partition coefficient (Wildman–Crippen LogP) is 6.08. The topological polar surface area (TPSA) is 82.2 Å². The van der Waals surface area contributed by atoms with Gasteiger partial charge in [-0.1, -0.05) is 0 Å². The van der Waals surface area contributed by atoms with Gasteiger partial charge in [-0.05, 0) is 73.1 Å². The summed E-state index contributed by atoms with van der Waals surface area (Å²) in [4.78, 5) is 14.5. The van der Waals surface area contributed by atoms with Crippen LogP contribution >= 0.6 is 11.8 Å². The van der Waals surface area contributed by atoms with Gasteiger partial charge in [-0.2, -0.15) is 18.3 Å². The number of hydrogen-bond donors (Lipinski definition) is 3. The van der Waals surface area contributed by atoms with Crippen molar-refractivity contribution in [2.24, 2.45) is 0 Å². The van der Waals surface area contributed by atoms with E-state index in [1.165, 1.54) is 37.1 Å². The number of urea groups is 1. The van der Waals surface area contributed by atoms with Gasteiger partial charge >= 0.3 is 11.5 Å². The molecule has 4 rings (SSSR count). The molecule has 1 aromatic heterocycles. The monoisotopic (exact) mass is 474 g/mol. The SMILES string of the molecule is O=C(Nc1ccc(Nc2cc(N3CCCC3)cnn2)cc1)Nc1ccc(SC(F)(F)F)cc1. The lowest BCUT2D eigenvalue weighted by molar-refractivity contribution is -0.0328. The molecule has 2 aromatic carbocycles. The fraction of sp³-hybridized carbons (Fsp3) is 0.227. The smallest absolute Gasteiger partial charge is 0.370 e. The van der Waals surface area contributed by atoms with Crippen LogP contribution in [-0.2, 0) is 0 Å². The van der Waals surface area contributed by atoms with Crippen LogP contribution in [0.2, 0.25) is 0 Å². The number of hydrogen-bond acceptors (Lipinski definition) is 6. The molecule has 1 aliphatic heterocycles. The third-order valence-electron chi connectivity index (χ3n) is 4.87. The van der Waals surface area contributed by atoms with Crippen LogP contribution in [0.1, 0.15) is 12.8 Å². The highest BCUT2D eigenvalue weighted by molar-refractivity contribution is 8.00. The minimum Gasteiger partial charge on any atom is -0.370 e. The molecule has 172 valence electrons. The van der Waals surface area contributed by atoms with Crippen molar-refractivity contribution < 1.29 is 18.0 Å². The van der Waals surface area contributed by atoms with Gasteiger partial charge in [-0.15, -0.1) is 5.10 Å². The van der Waals surface area contributed by atoms with Crippen LogP contribution in [0.5, 0.6) is 0 Å². The van der Waals surface area contributed by atoms with Crippen molar-refractivity contribution in [1.29, 1.82) is 0 Å². The Morgan fingerprint density at radius 1 is 0.909 bits per heavy atom. The van der Waals surface area contributed by atoms with E-state index >= 15 is 0 Å². The summed E-state index contributed by atoms with van der Waals surface area (Å²) in [5, 5.41) is 16.7. The second-order valence-corrected chi connectivity index (χ2v) is 8.49. The molecule has 1 saturated heterocycles. The molecule has 11 heteroatoms. The molecule has 7 nitrogen and oxygen atoms in total. The van der Waals surface area contributed by atoms with Crippen molar-refractivity contribution >= 4 is 46.4 Å². The molecule has 0 unspecified atom stereocenters. The van der Waals surface area contributed by atoms with Gasteiger partial charge in [-0.25, -0.2) is 4.79 Å². The summed E-state index contributed by atoms with van der Waals surface area (Å²) in [5.74, 6) is 0.630. The molecule has 3 aromatic rings. The summed E-state index contributed by atoms with van der Waals surface area (Å²) in [5.41, 5.74) is -1.60.